The molecule has 100 valence electrons. The van der Waals surface area contributed by atoms with Crippen molar-refractivity contribution in [3.8, 4) is 5.75 Å². The zero-order valence-corrected chi connectivity index (χ0v) is 11.2. The average molecular weight is 251 g/mol. The highest BCUT2D eigenvalue weighted by atomic mass is 16.5. The smallest absolute Gasteiger partial charge is 0.309 e. The highest BCUT2D eigenvalue weighted by Crippen LogP contribution is 2.17. The largest absolute Gasteiger partial charge is 0.496 e. The summed E-state index contributed by atoms with van der Waals surface area (Å²) < 4.78 is 9.94. The van der Waals surface area contributed by atoms with Crippen LogP contribution in [-0.2, 0) is 16.0 Å². The van der Waals surface area contributed by atoms with Gasteiger partial charge in [-0.25, -0.2) is 0 Å². The molecule has 0 aliphatic carbocycles. The molecule has 0 saturated carbocycles. The fourth-order valence-corrected chi connectivity index (χ4v) is 1.74. The lowest BCUT2D eigenvalue weighted by Crippen LogP contribution is -2.28. The predicted molar refractivity (Wildman–Crippen MR) is 70.7 cm³/mol. The molecule has 0 spiro atoms. The highest BCUT2D eigenvalue weighted by Gasteiger charge is 2.11. The van der Waals surface area contributed by atoms with E-state index in [0.717, 1.165) is 18.7 Å². The van der Waals surface area contributed by atoms with Crippen LogP contribution in [0.15, 0.2) is 24.3 Å². The van der Waals surface area contributed by atoms with Gasteiger partial charge in [0.05, 0.1) is 20.1 Å². The molecule has 0 heterocycles. The second kappa shape index (κ2) is 7.71. The van der Waals surface area contributed by atoms with E-state index in [0.29, 0.717) is 6.54 Å². The monoisotopic (exact) mass is 251 g/mol. The summed E-state index contributed by atoms with van der Waals surface area (Å²) in [6.45, 7) is 3.28. The molecule has 4 heteroatoms. The van der Waals surface area contributed by atoms with Crippen LogP contribution in [0.25, 0.3) is 0 Å². The van der Waals surface area contributed by atoms with E-state index < -0.39 is 0 Å². The van der Waals surface area contributed by atoms with E-state index >= 15 is 0 Å². The molecule has 0 amide bonds. The molecule has 0 radical (unpaired) electrons. The van der Waals surface area contributed by atoms with Gasteiger partial charge in [0.1, 0.15) is 5.75 Å². The lowest BCUT2D eigenvalue weighted by molar-refractivity contribution is -0.144. The number of esters is 1. The van der Waals surface area contributed by atoms with E-state index in [-0.39, 0.29) is 11.9 Å². The maximum atomic E-state index is 11.2. The van der Waals surface area contributed by atoms with Crippen molar-refractivity contribution >= 4 is 5.97 Å². The second-order valence-electron chi connectivity index (χ2n) is 4.19. The zero-order valence-electron chi connectivity index (χ0n) is 11.2. The van der Waals surface area contributed by atoms with E-state index in [1.807, 2.05) is 31.2 Å². The van der Waals surface area contributed by atoms with Gasteiger partial charge in [-0.15, -0.1) is 0 Å². The lowest BCUT2D eigenvalue weighted by Gasteiger charge is -2.11. The number of hydrogen-bond donors (Lipinski definition) is 1. The molecule has 0 fully saturated rings. The first-order valence-corrected chi connectivity index (χ1v) is 6.09. The van der Waals surface area contributed by atoms with Crippen molar-refractivity contribution in [2.24, 2.45) is 5.92 Å². The summed E-state index contributed by atoms with van der Waals surface area (Å²) >= 11 is 0. The molecule has 0 aliphatic rings. The van der Waals surface area contributed by atoms with E-state index in [9.17, 15) is 4.79 Å². The van der Waals surface area contributed by atoms with Crippen molar-refractivity contribution in [2.45, 2.75) is 13.3 Å². The SMILES string of the molecule is COC(=O)C(C)CNCCc1ccccc1OC. The third kappa shape index (κ3) is 4.37. The van der Waals surface area contributed by atoms with Gasteiger partial charge in [-0.05, 0) is 24.6 Å². The minimum Gasteiger partial charge on any atom is -0.496 e. The van der Waals surface area contributed by atoms with Crippen LogP contribution in [0, 0.1) is 5.92 Å². The lowest BCUT2D eigenvalue weighted by atomic mass is 10.1. The first kappa shape index (κ1) is 14.5. The standard InChI is InChI=1S/C14H21NO3/c1-11(14(16)18-3)10-15-9-8-12-6-4-5-7-13(12)17-2/h4-7,11,15H,8-10H2,1-3H3. The Labute approximate surface area is 108 Å². The molecule has 0 bridgehead atoms. The Balaban J connectivity index is 2.31. The Morgan fingerprint density at radius 3 is 2.72 bits per heavy atom. The topological polar surface area (TPSA) is 47.6 Å². The molecular formula is C14H21NO3. The molecular weight excluding hydrogens is 230 g/mol. The summed E-state index contributed by atoms with van der Waals surface area (Å²) in [5.74, 6) is 0.604. The number of methoxy groups -OCH3 is 2. The summed E-state index contributed by atoms with van der Waals surface area (Å²) in [7, 11) is 3.08. The van der Waals surface area contributed by atoms with Gasteiger partial charge >= 0.3 is 5.97 Å². The minimum atomic E-state index is -0.181. The molecule has 4 nitrogen and oxygen atoms in total. The van der Waals surface area contributed by atoms with Crippen molar-refractivity contribution < 1.29 is 14.3 Å². The van der Waals surface area contributed by atoms with Gasteiger partial charge in [0.25, 0.3) is 0 Å². The van der Waals surface area contributed by atoms with Gasteiger partial charge in [-0.3, -0.25) is 4.79 Å². The molecule has 0 saturated heterocycles. The molecule has 1 aromatic rings. The van der Waals surface area contributed by atoms with Crippen LogP contribution in [0.2, 0.25) is 0 Å². The van der Waals surface area contributed by atoms with Crippen LogP contribution in [0.1, 0.15) is 12.5 Å². The Bertz CT molecular complexity index is 379. The van der Waals surface area contributed by atoms with Crippen LogP contribution in [0.3, 0.4) is 0 Å². The van der Waals surface area contributed by atoms with E-state index in [1.54, 1.807) is 7.11 Å². The predicted octanol–water partition coefficient (Wildman–Crippen LogP) is 1.64. The number of hydrogen-bond acceptors (Lipinski definition) is 4. The number of carbonyl (C=O) groups excluding carboxylic acids is 1. The molecule has 1 unspecified atom stereocenters. The van der Waals surface area contributed by atoms with E-state index in [1.165, 1.54) is 12.7 Å². The van der Waals surface area contributed by atoms with Gasteiger partial charge in [0, 0.05) is 6.54 Å². The van der Waals surface area contributed by atoms with Crippen molar-refractivity contribution in [3.05, 3.63) is 29.8 Å². The normalized spacial score (nSPS) is 11.9. The molecule has 0 aromatic heterocycles. The van der Waals surface area contributed by atoms with Crippen molar-refractivity contribution in [2.75, 3.05) is 27.3 Å². The van der Waals surface area contributed by atoms with Crippen LogP contribution >= 0.6 is 0 Å². The Hall–Kier alpha value is -1.55. The number of para-hydroxylation sites is 1. The average Bonchev–Trinajstić information content (AvgIpc) is 2.42. The van der Waals surface area contributed by atoms with Crippen molar-refractivity contribution in [3.63, 3.8) is 0 Å². The van der Waals surface area contributed by atoms with Gasteiger partial charge < -0.3 is 14.8 Å². The fourth-order valence-electron chi connectivity index (χ4n) is 1.74. The van der Waals surface area contributed by atoms with Gasteiger partial charge in [0.2, 0.25) is 0 Å². The summed E-state index contributed by atoms with van der Waals surface area (Å²) in [6, 6.07) is 7.95. The van der Waals surface area contributed by atoms with Crippen LogP contribution in [-0.4, -0.2) is 33.3 Å². The third-order valence-electron chi connectivity index (χ3n) is 2.82. The van der Waals surface area contributed by atoms with Crippen molar-refractivity contribution in [1.82, 2.24) is 5.32 Å². The fraction of sp³-hybridized carbons (Fsp3) is 0.500. The molecule has 0 aliphatic heterocycles. The second-order valence-corrected chi connectivity index (χ2v) is 4.19. The number of rotatable bonds is 7. The number of ether oxygens (including phenoxy) is 2. The number of benzene rings is 1. The Morgan fingerprint density at radius 2 is 2.06 bits per heavy atom. The van der Waals surface area contributed by atoms with E-state index in [4.69, 9.17) is 4.74 Å². The Morgan fingerprint density at radius 1 is 1.33 bits per heavy atom. The molecule has 1 N–H and O–H groups in total. The highest BCUT2D eigenvalue weighted by molar-refractivity contribution is 5.72. The zero-order chi connectivity index (χ0) is 13.4. The molecule has 18 heavy (non-hydrogen) atoms. The summed E-state index contributed by atoms with van der Waals surface area (Å²) in [6.07, 6.45) is 0.873. The molecule has 1 rings (SSSR count). The van der Waals surface area contributed by atoms with Gasteiger partial charge in [-0.2, -0.15) is 0 Å². The first-order chi connectivity index (χ1) is 8.69. The maximum Gasteiger partial charge on any atom is 0.309 e. The number of nitrogens with one attached hydrogen (secondary N) is 1. The third-order valence-corrected chi connectivity index (χ3v) is 2.82. The minimum absolute atomic E-state index is 0.118. The summed E-state index contributed by atoms with van der Waals surface area (Å²) in [4.78, 5) is 11.2. The number of carbonyl (C=O) groups is 1. The Kier molecular flexibility index (Phi) is 6.22. The first-order valence-electron chi connectivity index (χ1n) is 6.09. The van der Waals surface area contributed by atoms with Crippen LogP contribution in [0.4, 0.5) is 0 Å². The molecule has 1 aromatic carbocycles. The summed E-state index contributed by atoms with van der Waals surface area (Å²) in [5, 5.41) is 3.24. The molecule has 1 atom stereocenters. The maximum absolute atomic E-state index is 11.2. The van der Waals surface area contributed by atoms with Crippen LogP contribution in [0.5, 0.6) is 5.75 Å². The summed E-state index contributed by atoms with van der Waals surface area (Å²) in [5.41, 5.74) is 1.17. The van der Waals surface area contributed by atoms with Crippen LogP contribution < -0.4 is 10.1 Å². The van der Waals surface area contributed by atoms with Crippen molar-refractivity contribution in [1.29, 1.82) is 0 Å². The van der Waals surface area contributed by atoms with Gasteiger partial charge in [0.15, 0.2) is 0 Å². The quantitative estimate of drug-likeness (QED) is 0.591. The van der Waals surface area contributed by atoms with Gasteiger partial charge in [-0.1, -0.05) is 25.1 Å². The van der Waals surface area contributed by atoms with E-state index in [2.05, 4.69) is 10.1 Å².